The van der Waals surface area contributed by atoms with Crippen LogP contribution in [0.1, 0.15) is 92.4 Å². The molecule has 18 nitrogen and oxygen atoms in total. The molecule has 8 rings (SSSR count). The van der Waals surface area contributed by atoms with E-state index in [0.717, 1.165) is 32.1 Å². The summed E-state index contributed by atoms with van der Waals surface area (Å²) < 4.78 is 48.9. The zero-order chi connectivity index (χ0) is 46.2. The van der Waals surface area contributed by atoms with Crippen molar-refractivity contribution in [3.05, 3.63) is 11.6 Å². The van der Waals surface area contributed by atoms with Crippen molar-refractivity contribution in [2.45, 2.75) is 203 Å². The molecule has 368 valence electrons. The molecule has 0 aromatic rings. The lowest BCUT2D eigenvalue weighted by Gasteiger charge is -2.58. The molecule has 0 aromatic carbocycles. The number of aliphatic hydroxyl groups excluding tert-OH is 10. The van der Waals surface area contributed by atoms with Crippen molar-refractivity contribution in [3.63, 3.8) is 0 Å². The van der Waals surface area contributed by atoms with Gasteiger partial charge in [-0.05, 0) is 98.7 Å². The van der Waals surface area contributed by atoms with E-state index in [2.05, 4.69) is 26.8 Å². The predicted octanol–water partition coefficient (Wildman–Crippen LogP) is -0.177. The fourth-order valence-corrected chi connectivity index (χ4v) is 13.8. The van der Waals surface area contributed by atoms with Gasteiger partial charge in [0.2, 0.25) is 0 Å². The van der Waals surface area contributed by atoms with Crippen molar-refractivity contribution in [2.24, 2.45) is 46.3 Å². The summed E-state index contributed by atoms with van der Waals surface area (Å²) in [6.07, 6.45) is -10.5. The molecule has 10 N–H and O–H groups in total. The first-order valence-electron chi connectivity index (χ1n) is 23.8. The quantitative estimate of drug-likeness (QED) is 0.107. The second-order valence-electron chi connectivity index (χ2n) is 21.2. The van der Waals surface area contributed by atoms with Crippen LogP contribution < -0.4 is 0 Å². The number of hydrogen-bond donors (Lipinski definition) is 10. The second kappa shape index (κ2) is 19.1. The van der Waals surface area contributed by atoms with Gasteiger partial charge in [0.15, 0.2) is 24.7 Å². The Kier molecular flexibility index (Phi) is 14.7. The first-order chi connectivity index (χ1) is 30.3. The van der Waals surface area contributed by atoms with E-state index in [0.29, 0.717) is 49.4 Å². The Morgan fingerprint density at radius 3 is 2.09 bits per heavy atom. The molecule has 1 unspecified atom stereocenters. The smallest absolute Gasteiger partial charge is 0.187 e. The van der Waals surface area contributed by atoms with Gasteiger partial charge in [-0.1, -0.05) is 39.3 Å². The number of allylic oxidation sites excluding steroid dienone is 1. The molecule has 64 heavy (non-hydrogen) atoms. The number of methoxy groups -OCH3 is 1. The van der Waals surface area contributed by atoms with Crippen molar-refractivity contribution in [1.29, 1.82) is 0 Å². The van der Waals surface area contributed by atoms with E-state index >= 15 is 0 Å². The molecule has 26 atom stereocenters. The van der Waals surface area contributed by atoms with Gasteiger partial charge in [0.05, 0.1) is 38.1 Å². The van der Waals surface area contributed by atoms with Crippen LogP contribution in [0.2, 0.25) is 0 Å². The maximum atomic E-state index is 11.2. The third-order valence-corrected chi connectivity index (χ3v) is 17.7. The lowest BCUT2D eigenvalue weighted by atomic mass is 9.47. The SMILES string of the molecule is COC1(CC[C@@H](C)CO[C@@H]2O[C@H](CO)[C@@H](O)[C@H](O)[C@H]2O)O[C@H]2C[C@H]3[C@@H]4CC=C5C[C@@H](O[C@@H]6O[C@H](CO)[C@@H](O)[C@H](O)[C@H]6O[C@@H]6O[C@@H](C)[C@H](O)[C@@H](O)[C@H]6O)CC[C@]5(C)[C@H]4CC[C@]3(C)[C@H]2[C@@H]1C. The van der Waals surface area contributed by atoms with Crippen molar-refractivity contribution < 1.29 is 89.0 Å². The zero-order valence-electron chi connectivity index (χ0n) is 38.1. The number of rotatable bonds is 13. The van der Waals surface area contributed by atoms with Gasteiger partial charge in [0.1, 0.15) is 67.1 Å². The van der Waals surface area contributed by atoms with Crippen LogP contribution in [0, 0.1) is 46.3 Å². The molecule has 4 aliphatic heterocycles. The van der Waals surface area contributed by atoms with Gasteiger partial charge in [-0.25, -0.2) is 0 Å². The largest absolute Gasteiger partial charge is 0.394 e. The molecular weight excluding hydrogens is 840 g/mol. The zero-order valence-corrected chi connectivity index (χ0v) is 38.1. The number of ether oxygens (including phenoxy) is 8. The molecule has 0 bridgehead atoms. The van der Waals surface area contributed by atoms with Crippen LogP contribution in [0.3, 0.4) is 0 Å². The summed E-state index contributed by atoms with van der Waals surface area (Å²) in [5, 5.41) is 104. The Balaban J connectivity index is 0.896. The molecule has 8 aliphatic rings. The van der Waals surface area contributed by atoms with Gasteiger partial charge in [-0.2, -0.15) is 0 Å². The van der Waals surface area contributed by atoms with Gasteiger partial charge in [-0.3, -0.25) is 0 Å². The van der Waals surface area contributed by atoms with Crippen LogP contribution in [-0.2, 0) is 37.9 Å². The van der Waals surface area contributed by atoms with Crippen LogP contribution in [0.25, 0.3) is 0 Å². The Hall–Kier alpha value is -0.980. The summed E-state index contributed by atoms with van der Waals surface area (Å²) in [5.74, 6) is 1.17. The fourth-order valence-electron chi connectivity index (χ4n) is 13.8. The van der Waals surface area contributed by atoms with Crippen molar-refractivity contribution in [3.8, 4) is 0 Å². The lowest BCUT2D eigenvalue weighted by molar-refractivity contribution is -0.369. The third kappa shape index (κ3) is 8.48. The molecule has 4 aliphatic carbocycles. The van der Waals surface area contributed by atoms with Gasteiger partial charge >= 0.3 is 0 Å². The maximum absolute atomic E-state index is 11.2. The topological polar surface area (TPSA) is 276 Å². The lowest BCUT2D eigenvalue weighted by Crippen LogP contribution is -2.64. The van der Waals surface area contributed by atoms with E-state index in [1.165, 1.54) is 12.5 Å². The summed E-state index contributed by atoms with van der Waals surface area (Å²) in [4.78, 5) is 0. The van der Waals surface area contributed by atoms with Gasteiger partial charge in [0, 0.05) is 19.4 Å². The summed E-state index contributed by atoms with van der Waals surface area (Å²) in [6.45, 7) is 9.84. The van der Waals surface area contributed by atoms with Gasteiger partial charge < -0.3 is 89.0 Å². The molecular formula is C46H76O18. The minimum Gasteiger partial charge on any atom is -0.394 e. The van der Waals surface area contributed by atoms with Gasteiger partial charge in [0.25, 0.3) is 0 Å². The normalized spacial score (nSPS) is 54.3. The Bertz CT molecular complexity index is 1620. The highest BCUT2D eigenvalue weighted by Crippen LogP contribution is 2.70. The van der Waals surface area contributed by atoms with E-state index in [1.807, 2.05) is 6.92 Å². The van der Waals surface area contributed by atoms with Crippen LogP contribution in [-0.4, -0.2) is 188 Å². The van der Waals surface area contributed by atoms with Crippen LogP contribution >= 0.6 is 0 Å². The Labute approximate surface area is 375 Å². The van der Waals surface area contributed by atoms with Gasteiger partial charge in [-0.15, -0.1) is 0 Å². The fraction of sp³-hybridized carbons (Fsp3) is 0.957. The van der Waals surface area contributed by atoms with E-state index in [9.17, 15) is 51.1 Å². The third-order valence-electron chi connectivity index (χ3n) is 17.7. The monoisotopic (exact) mass is 917 g/mol. The molecule has 3 saturated carbocycles. The van der Waals surface area contributed by atoms with Crippen molar-refractivity contribution in [1.82, 2.24) is 0 Å². The average molecular weight is 917 g/mol. The second-order valence-corrected chi connectivity index (χ2v) is 21.2. The molecule has 18 heteroatoms. The van der Waals surface area contributed by atoms with Crippen molar-refractivity contribution >= 4 is 0 Å². The molecule has 7 fully saturated rings. The van der Waals surface area contributed by atoms with Crippen molar-refractivity contribution in [2.75, 3.05) is 26.9 Å². The Morgan fingerprint density at radius 2 is 1.41 bits per heavy atom. The van der Waals surface area contributed by atoms with E-state index < -0.39 is 111 Å². The van der Waals surface area contributed by atoms with E-state index in [4.69, 9.17) is 37.9 Å². The molecule has 0 aromatic heterocycles. The maximum Gasteiger partial charge on any atom is 0.187 e. The highest BCUT2D eigenvalue weighted by molar-refractivity contribution is 5.26. The molecule has 0 amide bonds. The summed E-state index contributed by atoms with van der Waals surface area (Å²) in [6, 6.07) is 0. The van der Waals surface area contributed by atoms with E-state index in [-0.39, 0.29) is 41.5 Å². The number of aliphatic hydroxyl groups is 10. The predicted molar refractivity (Wildman–Crippen MR) is 222 cm³/mol. The molecule has 0 radical (unpaired) electrons. The standard InChI is InChI=1S/C46H76O18/c1-20(19-58-41-38(55)36(53)33(50)29(17-47)61-41)9-14-46(57-6)21(2)31-28(64-46)16-27-25-8-7-23-15-24(10-12-44(23,4)26(25)11-13-45(27,31)5)60-43-40(37(54)34(51)30(18-48)62-43)63-42-39(56)35(52)32(49)22(3)59-42/h7,20-22,24-43,47-56H,8-19H2,1-6H3/t20-,21+,22+,24+,25-,26+,27+,28+,29-,30-,31+,32+,33-,34-,35-,36+,37+,38-,39-,40-,41-,42+,43-,44+,45+,46?/m1/s1. The van der Waals surface area contributed by atoms with E-state index in [1.54, 1.807) is 7.11 Å². The molecule has 4 heterocycles. The highest BCUT2D eigenvalue weighted by atomic mass is 16.8. The minimum absolute atomic E-state index is 0.0284. The highest BCUT2D eigenvalue weighted by Gasteiger charge is 2.68. The van der Waals surface area contributed by atoms with Crippen LogP contribution in [0.5, 0.6) is 0 Å². The average Bonchev–Trinajstić information content (AvgIpc) is 3.74. The van der Waals surface area contributed by atoms with Crippen LogP contribution in [0.15, 0.2) is 11.6 Å². The number of hydrogen-bond acceptors (Lipinski definition) is 18. The minimum atomic E-state index is -1.64. The first-order valence-corrected chi connectivity index (χ1v) is 23.8. The summed E-state index contributed by atoms with van der Waals surface area (Å²) in [5.41, 5.74) is 1.36. The Morgan fingerprint density at radius 1 is 0.750 bits per heavy atom. The summed E-state index contributed by atoms with van der Waals surface area (Å²) >= 11 is 0. The molecule has 4 saturated heterocycles. The van der Waals surface area contributed by atoms with Crippen LogP contribution in [0.4, 0.5) is 0 Å². The first kappa shape index (κ1) is 49.4. The molecule has 0 spiro atoms. The summed E-state index contributed by atoms with van der Waals surface area (Å²) in [7, 11) is 1.73. The number of fused-ring (bicyclic) bond motifs is 7.